The van der Waals surface area contributed by atoms with Gasteiger partial charge in [0, 0.05) is 6.20 Å². The molecule has 100 valence electrons. The van der Waals surface area contributed by atoms with E-state index in [1.54, 1.807) is 17.2 Å². The lowest BCUT2D eigenvalue weighted by Crippen LogP contribution is -1.93. The fourth-order valence-corrected chi connectivity index (χ4v) is 1.92. The minimum atomic E-state index is 0.532. The van der Waals surface area contributed by atoms with Crippen LogP contribution in [0.3, 0.4) is 0 Å². The largest absolute Gasteiger partial charge is 0.256 e. The lowest BCUT2D eigenvalue weighted by atomic mass is 10.1. The van der Waals surface area contributed by atoms with Gasteiger partial charge in [0.15, 0.2) is 0 Å². The third-order valence-electron chi connectivity index (χ3n) is 2.95. The quantitative estimate of drug-likeness (QED) is 0.688. The molecule has 0 aliphatic rings. The van der Waals surface area contributed by atoms with Crippen LogP contribution in [0.15, 0.2) is 61.3 Å². The van der Waals surface area contributed by atoms with E-state index < -0.39 is 0 Å². The van der Waals surface area contributed by atoms with E-state index in [0.29, 0.717) is 11.3 Å². The summed E-state index contributed by atoms with van der Waals surface area (Å²) in [5.74, 6) is 0. The molecule has 0 spiro atoms. The van der Waals surface area contributed by atoms with Gasteiger partial charge in [-0.3, -0.25) is 4.98 Å². The van der Waals surface area contributed by atoms with E-state index in [4.69, 9.17) is 0 Å². The van der Waals surface area contributed by atoms with E-state index in [0.717, 1.165) is 11.3 Å². The normalized spacial score (nSPS) is 11.1. The van der Waals surface area contributed by atoms with Crippen molar-refractivity contribution in [3.8, 4) is 11.8 Å². The van der Waals surface area contributed by atoms with E-state index in [9.17, 15) is 5.26 Å². The van der Waals surface area contributed by atoms with Gasteiger partial charge in [-0.05, 0) is 35.9 Å². The average Bonchev–Trinajstić information content (AvgIpc) is 3.08. The monoisotopic (exact) mass is 273 g/mol. The molecule has 0 atom stereocenters. The summed E-state index contributed by atoms with van der Waals surface area (Å²) in [6.45, 7) is 0. The number of nitriles is 1. The molecule has 0 saturated heterocycles. The van der Waals surface area contributed by atoms with Gasteiger partial charge in [0.25, 0.3) is 0 Å². The van der Waals surface area contributed by atoms with Crippen LogP contribution >= 0.6 is 0 Å². The molecule has 0 amide bonds. The summed E-state index contributed by atoms with van der Waals surface area (Å²) < 4.78 is 1.68. The Balaban J connectivity index is 1.91. The predicted molar refractivity (Wildman–Crippen MR) is 79.1 cm³/mol. The number of allylic oxidation sites excluding steroid dienone is 1. The molecule has 0 aliphatic carbocycles. The molecule has 1 aromatic carbocycles. The second-order valence-corrected chi connectivity index (χ2v) is 4.32. The van der Waals surface area contributed by atoms with E-state index in [-0.39, 0.29) is 0 Å². The zero-order chi connectivity index (χ0) is 14.5. The first kappa shape index (κ1) is 12.8. The topological polar surface area (TPSA) is 67.4 Å². The first-order valence-corrected chi connectivity index (χ1v) is 6.35. The minimum Gasteiger partial charge on any atom is -0.256 e. The first-order valence-electron chi connectivity index (χ1n) is 6.35. The smallest absolute Gasteiger partial charge is 0.138 e. The van der Waals surface area contributed by atoms with Crippen LogP contribution in [-0.2, 0) is 0 Å². The van der Waals surface area contributed by atoms with Crippen LogP contribution in [0.2, 0.25) is 0 Å². The Labute approximate surface area is 121 Å². The molecule has 0 N–H and O–H groups in total. The number of rotatable bonds is 3. The Morgan fingerprint density at radius 1 is 1.14 bits per heavy atom. The standard InChI is InChI=1S/C16H11N5/c17-10-14(16-3-1-2-8-19-16)9-13-4-6-15(7-5-13)21-12-18-11-20-21/h1-9,11-12H/b14-9+. The lowest BCUT2D eigenvalue weighted by molar-refractivity contribution is 0.879. The number of aromatic nitrogens is 4. The van der Waals surface area contributed by atoms with Crippen molar-refractivity contribution in [1.82, 2.24) is 19.7 Å². The molecule has 0 aliphatic heterocycles. The number of nitrogens with zero attached hydrogens (tertiary/aromatic N) is 5. The van der Waals surface area contributed by atoms with Crippen molar-refractivity contribution in [2.45, 2.75) is 0 Å². The van der Waals surface area contributed by atoms with Crippen molar-refractivity contribution >= 4 is 11.6 Å². The maximum absolute atomic E-state index is 9.26. The molecule has 21 heavy (non-hydrogen) atoms. The second kappa shape index (κ2) is 5.80. The Hall–Kier alpha value is -3.26. The molecule has 3 rings (SSSR count). The highest BCUT2D eigenvalue weighted by atomic mass is 15.3. The van der Waals surface area contributed by atoms with E-state index in [1.807, 2.05) is 48.5 Å². The molecule has 0 unspecified atom stereocenters. The van der Waals surface area contributed by atoms with Crippen molar-refractivity contribution in [3.63, 3.8) is 0 Å². The highest BCUT2D eigenvalue weighted by Gasteiger charge is 2.02. The molecule has 5 nitrogen and oxygen atoms in total. The summed E-state index contributed by atoms with van der Waals surface area (Å²) >= 11 is 0. The van der Waals surface area contributed by atoms with Crippen LogP contribution in [0.1, 0.15) is 11.3 Å². The summed E-state index contributed by atoms with van der Waals surface area (Å²) in [6, 6.07) is 15.4. The molecule has 2 aromatic heterocycles. The highest BCUT2D eigenvalue weighted by molar-refractivity contribution is 5.88. The maximum atomic E-state index is 9.26. The van der Waals surface area contributed by atoms with E-state index in [1.165, 1.54) is 6.33 Å². The van der Waals surface area contributed by atoms with Gasteiger partial charge in [0.1, 0.15) is 18.7 Å². The SMILES string of the molecule is N#C/C(=C\c1ccc(-n2cncn2)cc1)c1ccccn1. The third kappa shape index (κ3) is 2.85. The Bertz CT molecular complexity index is 781. The number of hydrogen-bond donors (Lipinski definition) is 0. The van der Waals surface area contributed by atoms with Crippen molar-refractivity contribution in [3.05, 3.63) is 72.6 Å². The van der Waals surface area contributed by atoms with E-state index >= 15 is 0 Å². The number of hydrogen-bond acceptors (Lipinski definition) is 4. The van der Waals surface area contributed by atoms with Gasteiger partial charge in [-0.25, -0.2) is 9.67 Å². The van der Waals surface area contributed by atoms with Gasteiger partial charge in [-0.2, -0.15) is 10.4 Å². The molecule has 0 fully saturated rings. The lowest BCUT2D eigenvalue weighted by Gasteiger charge is -2.02. The highest BCUT2D eigenvalue weighted by Crippen LogP contribution is 2.16. The fraction of sp³-hybridized carbons (Fsp3) is 0. The molecular weight excluding hydrogens is 262 g/mol. The van der Waals surface area contributed by atoms with Crippen molar-refractivity contribution < 1.29 is 0 Å². The van der Waals surface area contributed by atoms with Crippen LogP contribution in [-0.4, -0.2) is 19.7 Å². The maximum Gasteiger partial charge on any atom is 0.138 e. The van der Waals surface area contributed by atoms with Crippen LogP contribution in [0.4, 0.5) is 0 Å². The molecule has 5 heteroatoms. The van der Waals surface area contributed by atoms with Gasteiger partial charge < -0.3 is 0 Å². The van der Waals surface area contributed by atoms with Gasteiger partial charge >= 0.3 is 0 Å². The van der Waals surface area contributed by atoms with Crippen LogP contribution in [0.25, 0.3) is 17.3 Å². The van der Waals surface area contributed by atoms with Crippen molar-refractivity contribution in [2.24, 2.45) is 0 Å². The summed E-state index contributed by atoms with van der Waals surface area (Å²) in [5.41, 5.74) is 3.05. The van der Waals surface area contributed by atoms with Gasteiger partial charge in [-0.1, -0.05) is 18.2 Å². The van der Waals surface area contributed by atoms with Crippen molar-refractivity contribution in [2.75, 3.05) is 0 Å². The summed E-state index contributed by atoms with van der Waals surface area (Å²) in [4.78, 5) is 8.10. The molecular formula is C16H11N5. The summed E-state index contributed by atoms with van der Waals surface area (Å²) in [6.07, 6.45) is 6.61. The predicted octanol–water partition coefficient (Wildman–Crippen LogP) is 2.73. The Kier molecular flexibility index (Phi) is 3.52. The zero-order valence-corrected chi connectivity index (χ0v) is 11.1. The molecule has 3 aromatic rings. The van der Waals surface area contributed by atoms with Crippen molar-refractivity contribution in [1.29, 1.82) is 5.26 Å². The third-order valence-corrected chi connectivity index (χ3v) is 2.95. The molecule has 0 radical (unpaired) electrons. The van der Waals surface area contributed by atoms with Gasteiger partial charge in [-0.15, -0.1) is 0 Å². The van der Waals surface area contributed by atoms with Crippen LogP contribution in [0.5, 0.6) is 0 Å². The molecule has 2 heterocycles. The minimum absolute atomic E-state index is 0.532. The second-order valence-electron chi connectivity index (χ2n) is 4.32. The van der Waals surface area contributed by atoms with Gasteiger partial charge in [0.05, 0.1) is 17.0 Å². The molecule has 0 saturated carbocycles. The van der Waals surface area contributed by atoms with Gasteiger partial charge in [0.2, 0.25) is 0 Å². The first-order chi connectivity index (χ1) is 10.4. The van der Waals surface area contributed by atoms with Crippen LogP contribution < -0.4 is 0 Å². The average molecular weight is 273 g/mol. The Morgan fingerprint density at radius 2 is 2.00 bits per heavy atom. The number of pyridine rings is 1. The number of benzene rings is 1. The van der Waals surface area contributed by atoms with Crippen LogP contribution in [0, 0.1) is 11.3 Å². The van der Waals surface area contributed by atoms with E-state index in [2.05, 4.69) is 21.1 Å². The molecule has 0 bridgehead atoms. The summed E-state index contributed by atoms with van der Waals surface area (Å²) in [5, 5.41) is 13.3. The fourth-order valence-electron chi connectivity index (χ4n) is 1.92. The Morgan fingerprint density at radius 3 is 2.62 bits per heavy atom. The summed E-state index contributed by atoms with van der Waals surface area (Å²) in [7, 11) is 0. The zero-order valence-electron chi connectivity index (χ0n) is 11.1.